The normalized spacial score (nSPS) is 10.4. The molecule has 0 atom stereocenters. The zero-order chi connectivity index (χ0) is 20.9. The van der Waals surface area contributed by atoms with Crippen LogP contribution in [-0.2, 0) is 14.3 Å². The van der Waals surface area contributed by atoms with E-state index in [1.807, 2.05) is 31.2 Å². The summed E-state index contributed by atoms with van der Waals surface area (Å²) in [6.07, 6.45) is 4.72. The van der Waals surface area contributed by atoms with Gasteiger partial charge in [-0.1, -0.05) is 18.7 Å². The number of rotatable bonds is 11. The molecule has 0 aliphatic heterocycles. The fourth-order valence-electron chi connectivity index (χ4n) is 2.24. The van der Waals surface area contributed by atoms with Gasteiger partial charge in [0, 0.05) is 18.6 Å². The molecule has 0 unspecified atom stereocenters. The first-order chi connectivity index (χ1) is 14.1. The Morgan fingerprint density at radius 1 is 0.862 bits per heavy atom. The molecule has 0 amide bonds. The van der Waals surface area contributed by atoms with Crippen LogP contribution in [-0.4, -0.2) is 31.8 Å². The van der Waals surface area contributed by atoms with Crippen molar-refractivity contribution in [2.45, 2.75) is 13.3 Å². The van der Waals surface area contributed by atoms with Crippen LogP contribution in [0.25, 0.3) is 6.08 Å². The van der Waals surface area contributed by atoms with E-state index < -0.39 is 11.9 Å². The Hall–Kier alpha value is -3.54. The molecule has 2 aromatic carbocycles. The van der Waals surface area contributed by atoms with Crippen LogP contribution < -0.4 is 14.2 Å². The first-order valence-corrected chi connectivity index (χ1v) is 9.25. The summed E-state index contributed by atoms with van der Waals surface area (Å²) in [5.41, 5.74) is 0.868. The van der Waals surface area contributed by atoms with E-state index in [0.717, 1.165) is 17.4 Å². The van der Waals surface area contributed by atoms with E-state index in [2.05, 4.69) is 6.58 Å². The van der Waals surface area contributed by atoms with Gasteiger partial charge in [0.15, 0.2) is 0 Å². The van der Waals surface area contributed by atoms with Gasteiger partial charge < -0.3 is 18.9 Å². The highest BCUT2D eigenvalue weighted by atomic mass is 16.5. The van der Waals surface area contributed by atoms with Crippen molar-refractivity contribution < 1.29 is 28.5 Å². The van der Waals surface area contributed by atoms with E-state index in [1.165, 1.54) is 6.08 Å². The van der Waals surface area contributed by atoms with Gasteiger partial charge in [0.1, 0.15) is 17.2 Å². The summed E-state index contributed by atoms with van der Waals surface area (Å²) < 4.78 is 21.0. The summed E-state index contributed by atoms with van der Waals surface area (Å²) in [5.74, 6) is 0.903. The molecule has 0 aliphatic rings. The number of ether oxygens (including phenoxy) is 4. The molecular formula is C23H24O6. The van der Waals surface area contributed by atoms with Crippen LogP contribution in [0.3, 0.4) is 0 Å². The Morgan fingerprint density at radius 3 is 2.14 bits per heavy atom. The number of hydrogen-bond acceptors (Lipinski definition) is 6. The molecule has 29 heavy (non-hydrogen) atoms. The topological polar surface area (TPSA) is 71.1 Å². The molecule has 0 aromatic heterocycles. The number of benzene rings is 2. The third-order valence-electron chi connectivity index (χ3n) is 3.61. The van der Waals surface area contributed by atoms with Gasteiger partial charge in [0.2, 0.25) is 0 Å². The lowest BCUT2D eigenvalue weighted by atomic mass is 10.2. The average molecular weight is 396 g/mol. The summed E-state index contributed by atoms with van der Waals surface area (Å²) in [5, 5.41) is 0. The Bertz CT molecular complexity index is 821. The minimum absolute atomic E-state index is 0.265. The fraction of sp³-hybridized carbons (Fsp3) is 0.217. The highest BCUT2D eigenvalue weighted by Gasteiger charge is 2.02. The first kappa shape index (κ1) is 21.8. The van der Waals surface area contributed by atoms with Gasteiger partial charge in [0.25, 0.3) is 0 Å². The van der Waals surface area contributed by atoms with Crippen molar-refractivity contribution >= 4 is 18.0 Å². The van der Waals surface area contributed by atoms with Crippen molar-refractivity contribution in [1.82, 2.24) is 0 Å². The molecule has 0 fully saturated rings. The highest BCUT2D eigenvalue weighted by Crippen LogP contribution is 2.18. The Balaban J connectivity index is 1.74. The average Bonchev–Trinajstić information content (AvgIpc) is 2.74. The largest absolute Gasteiger partial charge is 0.494 e. The molecule has 6 nitrogen and oxygen atoms in total. The number of carbonyl (C=O) groups excluding carboxylic acids is 2. The molecule has 2 aromatic rings. The predicted molar refractivity (Wildman–Crippen MR) is 110 cm³/mol. The van der Waals surface area contributed by atoms with Crippen molar-refractivity contribution in [2.75, 3.05) is 19.8 Å². The summed E-state index contributed by atoms with van der Waals surface area (Å²) >= 11 is 0. The molecule has 0 radical (unpaired) electrons. The van der Waals surface area contributed by atoms with E-state index in [1.54, 1.807) is 30.3 Å². The Labute approximate surface area is 170 Å². The lowest BCUT2D eigenvalue weighted by molar-refractivity contribution is -0.138. The molecule has 0 aliphatic carbocycles. The van der Waals surface area contributed by atoms with Gasteiger partial charge in [-0.2, -0.15) is 0 Å². The zero-order valence-electron chi connectivity index (χ0n) is 16.3. The summed E-state index contributed by atoms with van der Waals surface area (Å²) in [6.45, 7) is 6.51. The Kier molecular flexibility index (Phi) is 9.02. The molecule has 0 N–H and O–H groups in total. The predicted octanol–water partition coefficient (Wildman–Crippen LogP) is 4.20. The summed E-state index contributed by atoms with van der Waals surface area (Å²) in [4.78, 5) is 22.9. The molecule has 0 heterocycles. The molecular weight excluding hydrogens is 372 g/mol. The second kappa shape index (κ2) is 12.0. The third kappa shape index (κ3) is 8.34. The van der Waals surface area contributed by atoms with E-state index >= 15 is 0 Å². The quantitative estimate of drug-likeness (QED) is 0.245. The van der Waals surface area contributed by atoms with Crippen molar-refractivity contribution in [3.63, 3.8) is 0 Å². The minimum Gasteiger partial charge on any atom is -0.494 e. The van der Waals surface area contributed by atoms with Gasteiger partial charge in [0.05, 0.1) is 19.8 Å². The monoisotopic (exact) mass is 396 g/mol. The van der Waals surface area contributed by atoms with Gasteiger partial charge in [-0.05, 0) is 55.0 Å². The first-order valence-electron chi connectivity index (χ1n) is 9.25. The van der Waals surface area contributed by atoms with Crippen LogP contribution >= 0.6 is 0 Å². The highest BCUT2D eigenvalue weighted by molar-refractivity contribution is 5.88. The molecule has 0 saturated carbocycles. The lowest BCUT2D eigenvalue weighted by Crippen LogP contribution is -2.06. The van der Waals surface area contributed by atoms with Crippen LogP contribution in [0.1, 0.15) is 18.9 Å². The zero-order valence-corrected chi connectivity index (χ0v) is 16.3. The second-order valence-electron chi connectivity index (χ2n) is 5.80. The van der Waals surface area contributed by atoms with Crippen LogP contribution in [0.5, 0.6) is 17.2 Å². The molecule has 0 saturated heterocycles. The minimum atomic E-state index is -0.475. The van der Waals surface area contributed by atoms with E-state index in [9.17, 15) is 9.59 Å². The van der Waals surface area contributed by atoms with Crippen LogP contribution in [0.2, 0.25) is 0 Å². The smallest absolute Gasteiger partial charge is 0.336 e. The molecule has 0 bridgehead atoms. The number of carbonyl (C=O) groups is 2. The van der Waals surface area contributed by atoms with Crippen molar-refractivity contribution in [2.24, 2.45) is 0 Å². The van der Waals surface area contributed by atoms with Crippen LogP contribution in [0.15, 0.2) is 67.3 Å². The van der Waals surface area contributed by atoms with Gasteiger partial charge in [-0.25, -0.2) is 9.59 Å². The standard InChI is InChI=1S/C23H24O6/c1-3-22(24)28-17-5-16-27-20-11-13-21(14-12-20)29-23(25)15-8-18-6-9-19(10-7-18)26-4-2/h3,6-15H,1,4-5,16-17H2,2H3/b15-8+. The maximum Gasteiger partial charge on any atom is 0.336 e. The fourth-order valence-corrected chi connectivity index (χ4v) is 2.24. The summed E-state index contributed by atoms with van der Waals surface area (Å²) in [7, 11) is 0. The third-order valence-corrected chi connectivity index (χ3v) is 3.61. The SMILES string of the molecule is C=CC(=O)OCCCOc1ccc(OC(=O)/C=C/c2ccc(OCC)cc2)cc1. The van der Waals surface area contributed by atoms with Gasteiger partial charge >= 0.3 is 11.9 Å². The molecule has 152 valence electrons. The second-order valence-corrected chi connectivity index (χ2v) is 5.80. The molecule has 0 spiro atoms. The van der Waals surface area contributed by atoms with Crippen molar-refractivity contribution in [1.29, 1.82) is 0 Å². The number of hydrogen-bond donors (Lipinski definition) is 0. The van der Waals surface area contributed by atoms with Gasteiger partial charge in [-0.15, -0.1) is 0 Å². The van der Waals surface area contributed by atoms with E-state index in [4.69, 9.17) is 18.9 Å². The van der Waals surface area contributed by atoms with Gasteiger partial charge in [-0.3, -0.25) is 0 Å². The number of esters is 2. The summed E-state index contributed by atoms with van der Waals surface area (Å²) in [6, 6.07) is 14.1. The van der Waals surface area contributed by atoms with Crippen molar-refractivity contribution in [3.8, 4) is 17.2 Å². The van der Waals surface area contributed by atoms with Crippen LogP contribution in [0, 0.1) is 0 Å². The molecule has 6 heteroatoms. The molecule has 2 rings (SSSR count). The Morgan fingerprint density at radius 2 is 1.48 bits per heavy atom. The van der Waals surface area contributed by atoms with E-state index in [0.29, 0.717) is 31.1 Å². The maximum atomic E-state index is 12.0. The van der Waals surface area contributed by atoms with Crippen LogP contribution in [0.4, 0.5) is 0 Å². The lowest BCUT2D eigenvalue weighted by Gasteiger charge is -2.07. The van der Waals surface area contributed by atoms with E-state index in [-0.39, 0.29) is 6.61 Å². The maximum absolute atomic E-state index is 12.0. The van der Waals surface area contributed by atoms with Crippen molar-refractivity contribution in [3.05, 3.63) is 72.8 Å².